The Hall–Kier alpha value is -0.940. The highest BCUT2D eigenvalue weighted by atomic mass is 16.5. The molecule has 0 saturated heterocycles. The lowest BCUT2D eigenvalue weighted by Crippen LogP contribution is -2.35. The highest BCUT2D eigenvalue weighted by Gasteiger charge is 2.26. The van der Waals surface area contributed by atoms with Crippen molar-refractivity contribution in [1.82, 2.24) is 20.1 Å². The molecule has 1 heterocycles. The average molecular weight is 282 g/mol. The van der Waals surface area contributed by atoms with Crippen LogP contribution in [-0.2, 0) is 11.2 Å². The van der Waals surface area contributed by atoms with Gasteiger partial charge in [0.05, 0.1) is 6.61 Å². The molecule has 0 aliphatic carbocycles. The maximum Gasteiger partial charge on any atom is 0.138 e. The summed E-state index contributed by atoms with van der Waals surface area (Å²) >= 11 is 0. The van der Waals surface area contributed by atoms with Crippen LogP contribution in [0.3, 0.4) is 0 Å². The Morgan fingerprint density at radius 2 is 2.05 bits per heavy atom. The molecule has 0 aliphatic rings. The van der Waals surface area contributed by atoms with E-state index in [1.807, 2.05) is 4.68 Å². The Morgan fingerprint density at radius 3 is 2.60 bits per heavy atom. The van der Waals surface area contributed by atoms with Crippen LogP contribution in [0.15, 0.2) is 6.33 Å². The molecule has 116 valence electrons. The molecule has 0 saturated carbocycles. The van der Waals surface area contributed by atoms with Gasteiger partial charge in [0.15, 0.2) is 0 Å². The van der Waals surface area contributed by atoms with Gasteiger partial charge < -0.3 is 10.1 Å². The summed E-state index contributed by atoms with van der Waals surface area (Å²) in [7, 11) is 1.73. The van der Waals surface area contributed by atoms with Crippen LogP contribution in [-0.4, -0.2) is 41.6 Å². The third kappa shape index (κ3) is 5.21. The Morgan fingerprint density at radius 1 is 1.35 bits per heavy atom. The van der Waals surface area contributed by atoms with Crippen molar-refractivity contribution in [3.8, 4) is 0 Å². The summed E-state index contributed by atoms with van der Waals surface area (Å²) in [5, 5.41) is 7.80. The molecule has 1 aromatic heterocycles. The van der Waals surface area contributed by atoms with Crippen molar-refractivity contribution in [2.75, 3.05) is 26.8 Å². The van der Waals surface area contributed by atoms with Crippen LogP contribution in [0.4, 0.5) is 0 Å². The molecule has 0 fully saturated rings. The number of nitrogens with one attached hydrogen (secondary N) is 1. The largest absolute Gasteiger partial charge is 0.383 e. The first-order chi connectivity index (χ1) is 9.36. The lowest BCUT2D eigenvalue weighted by Gasteiger charge is -2.31. The maximum atomic E-state index is 5.08. The van der Waals surface area contributed by atoms with Crippen molar-refractivity contribution in [3.63, 3.8) is 0 Å². The van der Waals surface area contributed by atoms with Gasteiger partial charge in [0.2, 0.25) is 0 Å². The van der Waals surface area contributed by atoms with E-state index in [4.69, 9.17) is 4.74 Å². The van der Waals surface area contributed by atoms with Crippen molar-refractivity contribution < 1.29 is 4.74 Å². The first-order valence-corrected chi connectivity index (χ1v) is 7.44. The smallest absolute Gasteiger partial charge is 0.138 e. The molecule has 1 atom stereocenters. The fourth-order valence-corrected chi connectivity index (χ4v) is 2.21. The van der Waals surface area contributed by atoms with Crippen molar-refractivity contribution in [2.45, 2.75) is 47.1 Å². The predicted molar refractivity (Wildman–Crippen MR) is 81.8 cm³/mol. The Kier molecular flexibility index (Phi) is 6.62. The van der Waals surface area contributed by atoms with Crippen LogP contribution in [0.25, 0.3) is 0 Å². The van der Waals surface area contributed by atoms with E-state index in [1.54, 1.807) is 13.4 Å². The second-order valence-electron chi connectivity index (χ2n) is 6.68. The first-order valence-electron chi connectivity index (χ1n) is 7.44. The van der Waals surface area contributed by atoms with Gasteiger partial charge in [-0.2, -0.15) is 5.10 Å². The zero-order chi connectivity index (χ0) is 15.2. The van der Waals surface area contributed by atoms with Crippen molar-refractivity contribution in [2.24, 2.45) is 11.3 Å². The molecule has 0 radical (unpaired) electrons. The molecule has 0 aliphatic heterocycles. The monoisotopic (exact) mass is 282 g/mol. The Balaban J connectivity index is 2.67. The minimum Gasteiger partial charge on any atom is -0.383 e. The molecular weight excluding hydrogens is 252 g/mol. The quantitative estimate of drug-likeness (QED) is 0.743. The van der Waals surface area contributed by atoms with E-state index in [2.05, 4.69) is 50.0 Å². The summed E-state index contributed by atoms with van der Waals surface area (Å²) < 4.78 is 7.10. The van der Waals surface area contributed by atoms with Gasteiger partial charge in [-0.15, -0.1) is 0 Å². The summed E-state index contributed by atoms with van der Waals surface area (Å²) in [6.07, 6.45) is 2.61. The number of hydrogen-bond acceptors (Lipinski definition) is 4. The zero-order valence-corrected chi connectivity index (χ0v) is 13.8. The summed E-state index contributed by atoms with van der Waals surface area (Å²) in [5.74, 6) is 1.59. The van der Waals surface area contributed by atoms with Crippen molar-refractivity contribution in [1.29, 1.82) is 0 Å². The minimum absolute atomic E-state index is 0.230. The van der Waals surface area contributed by atoms with Crippen LogP contribution in [0.1, 0.15) is 46.5 Å². The highest BCUT2D eigenvalue weighted by Crippen LogP contribution is 2.28. The van der Waals surface area contributed by atoms with E-state index < -0.39 is 0 Å². The second-order valence-corrected chi connectivity index (χ2v) is 6.68. The molecule has 5 nitrogen and oxygen atoms in total. The Bertz CT molecular complexity index is 381. The lowest BCUT2D eigenvalue weighted by atomic mass is 9.78. The molecule has 1 N–H and O–H groups in total. The molecule has 0 bridgehead atoms. The van der Waals surface area contributed by atoms with Gasteiger partial charge >= 0.3 is 0 Å². The maximum absolute atomic E-state index is 5.08. The molecule has 0 aromatic carbocycles. The van der Waals surface area contributed by atoms with Crippen LogP contribution in [0, 0.1) is 11.3 Å². The van der Waals surface area contributed by atoms with Crippen molar-refractivity contribution >= 4 is 0 Å². The normalized spacial score (nSPS) is 13.9. The van der Waals surface area contributed by atoms with Gasteiger partial charge in [-0.05, 0) is 31.7 Å². The second kappa shape index (κ2) is 7.74. The van der Waals surface area contributed by atoms with E-state index in [-0.39, 0.29) is 5.41 Å². The number of methoxy groups -OCH3 is 1. The summed E-state index contributed by atoms with van der Waals surface area (Å²) in [4.78, 5) is 4.43. The highest BCUT2D eigenvalue weighted by molar-refractivity contribution is 4.92. The molecule has 5 heteroatoms. The topological polar surface area (TPSA) is 52.0 Å². The summed E-state index contributed by atoms with van der Waals surface area (Å²) in [6.45, 7) is 13.7. The number of aromatic nitrogens is 3. The van der Waals surface area contributed by atoms with Crippen LogP contribution in [0.2, 0.25) is 0 Å². The molecular formula is C15H30N4O. The lowest BCUT2D eigenvalue weighted by molar-refractivity contribution is 0.185. The summed E-state index contributed by atoms with van der Waals surface area (Å²) in [6, 6.07) is 0.356. The van der Waals surface area contributed by atoms with E-state index in [1.165, 1.54) is 0 Å². The molecule has 20 heavy (non-hydrogen) atoms. The SMILES string of the molecule is COCCNCC(Cc1ncnn1C(C)C)C(C)(C)C. The van der Waals surface area contributed by atoms with Gasteiger partial charge in [-0.3, -0.25) is 0 Å². The number of hydrogen-bond donors (Lipinski definition) is 1. The van der Waals surface area contributed by atoms with Crippen LogP contribution < -0.4 is 5.32 Å². The first kappa shape index (κ1) is 17.1. The predicted octanol–water partition coefficient (Wildman–Crippen LogP) is 2.30. The third-order valence-electron chi connectivity index (χ3n) is 3.66. The minimum atomic E-state index is 0.230. The van der Waals surface area contributed by atoms with Crippen LogP contribution in [0.5, 0.6) is 0 Å². The molecule has 0 amide bonds. The van der Waals surface area contributed by atoms with Crippen LogP contribution >= 0.6 is 0 Å². The van der Waals surface area contributed by atoms with Gasteiger partial charge in [0.25, 0.3) is 0 Å². The fourth-order valence-electron chi connectivity index (χ4n) is 2.21. The number of nitrogens with zero attached hydrogens (tertiary/aromatic N) is 3. The van der Waals surface area contributed by atoms with Gasteiger partial charge in [0.1, 0.15) is 12.2 Å². The number of ether oxygens (including phenoxy) is 1. The average Bonchev–Trinajstić information content (AvgIpc) is 2.80. The summed E-state index contributed by atoms with van der Waals surface area (Å²) in [5.41, 5.74) is 0.230. The molecule has 1 aromatic rings. The van der Waals surface area contributed by atoms with Gasteiger partial charge in [-0.25, -0.2) is 9.67 Å². The van der Waals surface area contributed by atoms with E-state index in [9.17, 15) is 0 Å². The standard InChI is InChI=1S/C15H30N4O/c1-12(2)19-14(17-11-18-19)9-13(15(3,4)5)10-16-7-8-20-6/h11-13,16H,7-10H2,1-6H3. The molecule has 1 rings (SSSR count). The zero-order valence-electron chi connectivity index (χ0n) is 13.8. The van der Waals surface area contributed by atoms with E-state index >= 15 is 0 Å². The van der Waals surface area contributed by atoms with Gasteiger partial charge in [-0.1, -0.05) is 20.8 Å². The van der Waals surface area contributed by atoms with E-state index in [0.717, 1.165) is 31.9 Å². The third-order valence-corrected chi connectivity index (χ3v) is 3.66. The fraction of sp³-hybridized carbons (Fsp3) is 0.867. The molecule has 0 spiro atoms. The van der Waals surface area contributed by atoms with Crippen molar-refractivity contribution in [3.05, 3.63) is 12.2 Å². The molecule has 1 unspecified atom stereocenters. The Labute approximate surface area is 123 Å². The number of rotatable bonds is 8. The van der Waals surface area contributed by atoms with Gasteiger partial charge in [0, 0.05) is 26.1 Å². The van der Waals surface area contributed by atoms with E-state index in [0.29, 0.717) is 12.0 Å².